The normalized spacial score (nSPS) is 11.3. The van der Waals surface area contributed by atoms with Gasteiger partial charge < -0.3 is 10.1 Å². The predicted octanol–water partition coefficient (Wildman–Crippen LogP) is 4.24. The number of halogens is 4. The molecule has 0 fully saturated rings. The second-order valence-electron chi connectivity index (χ2n) is 5.71. The van der Waals surface area contributed by atoms with E-state index in [1.165, 1.54) is 12.3 Å². The van der Waals surface area contributed by atoms with Gasteiger partial charge in [0.1, 0.15) is 12.2 Å². The molecule has 0 saturated heterocycles. The molecule has 0 aliphatic carbocycles. The molecule has 0 radical (unpaired) electrons. The molecule has 0 atom stereocenters. The van der Waals surface area contributed by atoms with Crippen LogP contribution in [0.15, 0.2) is 47.6 Å². The van der Waals surface area contributed by atoms with Gasteiger partial charge in [0.25, 0.3) is 0 Å². The van der Waals surface area contributed by atoms with E-state index in [1.54, 1.807) is 25.1 Å². The maximum atomic E-state index is 12.7. The van der Waals surface area contributed by atoms with Gasteiger partial charge in [0.05, 0.1) is 18.4 Å². The van der Waals surface area contributed by atoms with Crippen LogP contribution in [0.2, 0.25) is 5.02 Å². The summed E-state index contributed by atoms with van der Waals surface area (Å²) >= 11 is 5.92. The second-order valence-corrected chi connectivity index (χ2v) is 6.15. The molecule has 10 heteroatoms. The Balaban J connectivity index is 1.92. The minimum atomic E-state index is -4.53. The fraction of sp³-hybridized carbons (Fsp3) is 0.211. The van der Waals surface area contributed by atoms with Crippen molar-refractivity contribution in [1.29, 1.82) is 0 Å². The summed E-state index contributed by atoms with van der Waals surface area (Å²) in [5.74, 6) is -1.02. The summed E-state index contributed by atoms with van der Waals surface area (Å²) in [5.41, 5.74) is 1.71. The Hall–Kier alpha value is -3.07. The van der Waals surface area contributed by atoms with Crippen LogP contribution in [-0.4, -0.2) is 24.6 Å². The van der Waals surface area contributed by atoms with Crippen molar-refractivity contribution in [2.75, 3.05) is 11.9 Å². The SMILES string of the molecule is CCOc1ccc(Cl)cc1C=NNC(=O)CC(=O)Nc1cccc(C(F)(F)F)c1. The number of hydrogen-bond donors (Lipinski definition) is 2. The van der Waals surface area contributed by atoms with Gasteiger partial charge in [-0.3, -0.25) is 9.59 Å². The second kappa shape index (κ2) is 9.92. The predicted molar refractivity (Wildman–Crippen MR) is 103 cm³/mol. The van der Waals surface area contributed by atoms with E-state index in [0.717, 1.165) is 18.2 Å². The van der Waals surface area contributed by atoms with Crippen LogP contribution in [0.1, 0.15) is 24.5 Å². The highest BCUT2D eigenvalue weighted by Gasteiger charge is 2.30. The van der Waals surface area contributed by atoms with Crippen LogP contribution in [0.5, 0.6) is 5.75 Å². The summed E-state index contributed by atoms with van der Waals surface area (Å²) in [6.45, 7) is 2.23. The Morgan fingerprint density at radius 3 is 2.62 bits per heavy atom. The molecule has 6 nitrogen and oxygen atoms in total. The number of hydrogen-bond acceptors (Lipinski definition) is 4. The van der Waals surface area contributed by atoms with E-state index >= 15 is 0 Å². The lowest BCUT2D eigenvalue weighted by Gasteiger charge is -2.09. The Morgan fingerprint density at radius 1 is 1.17 bits per heavy atom. The van der Waals surface area contributed by atoms with Crippen molar-refractivity contribution in [3.63, 3.8) is 0 Å². The van der Waals surface area contributed by atoms with E-state index in [1.807, 2.05) is 0 Å². The number of alkyl halides is 3. The van der Waals surface area contributed by atoms with Crippen LogP contribution in [0.3, 0.4) is 0 Å². The number of hydrazone groups is 1. The number of carbonyl (C=O) groups is 2. The molecule has 2 N–H and O–H groups in total. The molecule has 0 aliphatic rings. The van der Waals surface area contributed by atoms with Gasteiger partial charge in [-0.2, -0.15) is 18.3 Å². The van der Waals surface area contributed by atoms with E-state index in [9.17, 15) is 22.8 Å². The quantitative estimate of drug-likeness (QED) is 0.394. The van der Waals surface area contributed by atoms with Crippen LogP contribution in [0.25, 0.3) is 0 Å². The first-order chi connectivity index (χ1) is 13.7. The zero-order valence-electron chi connectivity index (χ0n) is 15.2. The lowest BCUT2D eigenvalue weighted by Crippen LogP contribution is -2.24. The average Bonchev–Trinajstić information content (AvgIpc) is 2.63. The number of ether oxygens (including phenoxy) is 1. The third kappa shape index (κ3) is 7.11. The molecule has 0 heterocycles. The van der Waals surface area contributed by atoms with Gasteiger partial charge in [0.15, 0.2) is 0 Å². The highest BCUT2D eigenvalue weighted by Crippen LogP contribution is 2.30. The van der Waals surface area contributed by atoms with Crippen molar-refractivity contribution >= 4 is 35.3 Å². The minimum absolute atomic E-state index is 0.0681. The van der Waals surface area contributed by atoms with Crippen molar-refractivity contribution in [2.45, 2.75) is 19.5 Å². The summed E-state index contributed by atoms with van der Waals surface area (Å²) in [7, 11) is 0. The van der Waals surface area contributed by atoms with E-state index in [-0.39, 0.29) is 5.69 Å². The molecule has 2 rings (SSSR count). The van der Waals surface area contributed by atoms with Gasteiger partial charge in [-0.1, -0.05) is 17.7 Å². The standard InChI is InChI=1S/C19H17ClF3N3O3/c1-2-29-16-7-6-14(20)8-12(16)11-24-26-18(28)10-17(27)25-15-5-3-4-13(9-15)19(21,22)23/h3-9,11H,2,10H2,1H3,(H,25,27)(H,26,28). The van der Waals surface area contributed by atoms with E-state index in [2.05, 4.69) is 15.8 Å². The third-order valence-corrected chi connectivity index (χ3v) is 3.69. The molecule has 0 saturated carbocycles. The Kier molecular flexibility index (Phi) is 7.60. The number of anilines is 1. The molecular formula is C19H17ClF3N3O3. The van der Waals surface area contributed by atoms with Crippen molar-refractivity contribution in [2.24, 2.45) is 5.10 Å². The van der Waals surface area contributed by atoms with Gasteiger partial charge in [-0.05, 0) is 43.3 Å². The number of rotatable bonds is 7. The van der Waals surface area contributed by atoms with E-state index < -0.39 is 30.0 Å². The largest absolute Gasteiger partial charge is 0.493 e. The van der Waals surface area contributed by atoms with Gasteiger partial charge in [-0.25, -0.2) is 5.43 Å². The molecule has 0 aliphatic heterocycles. The lowest BCUT2D eigenvalue weighted by atomic mass is 10.2. The highest BCUT2D eigenvalue weighted by atomic mass is 35.5. The first-order valence-corrected chi connectivity index (χ1v) is 8.78. The third-order valence-electron chi connectivity index (χ3n) is 3.46. The van der Waals surface area contributed by atoms with Gasteiger partial charge in [-0.15, -0.1) is 0 Å². The number of nitrogens with one attached hydrogen (secondary N) is 2. The van der Waals surface area contributed by atoms with Gasteiger partial charge in [0.2, 0.25) is 11.8 Å². The molecule has 29 heavy (non-hydrogen) atoms. The zero-order chi connectivity index (χ0) is 21.4. The highest BCUT2D eigenvalue weighted by molar-refractivity contribution is 6.30. The number of carbonyl (C=O) groups excluding carboxylic acids is 2. The minimum Gasteiger partial charge on any atom is -0.493 e. The summed E-state index contributed by atoms with van der Waals surface area (Å²) in [5, 5.41) is 6.42. The Morgan fingerprint density at radius 2 is 1.93 bits per heavy atom. The first-order valence-electron chi connectivity index (χ1n) is 8.40. The molecule has 0 unspecified atom stereocenters. The maximum Gasteiger partial charge on any atom is 0.416 e. The summed E-state index contributed by atoms with van der Waals surface area (Å²) < 4.78 is 43.5. The summed E-state index contributed by atoms with van der Waals surface area (Å²) in [6.07, 6.45) is -3.85. The van der Waals surface area contributed by atoms with Gasteiger partial charge in [0, 0.05) is 16.3 Å². The fourth-order valence-electron chi connectivity index (χ4n) is 2.24. The summed E-state index contributed by atoms with van der Waals surface area (Å²) in [4.78, 5) is 23.7. The first kappa shape index (κ1) is 22.2. The molecular weight excluding hydrogens is 411 g/mol. The van der Waals surface area contributed by atoms with E-state index in [0.29, 0.717) is 22.9 Å². The fourth-order valence-corrected chi connectivity index (χ4v) is 2.43. The lowest BCUT2D eigenvalue weighted by molar-refractivity contribution is -0.137. The van der Waals surface area contributed by atoms with Crippen LogP contribution in [-0.2, 0) is 15.8 Å². The topological polar surface area (TPSA) is 79.8 Å². The average molecular weight is 428 g/mol. The van der Waals surface area contributed by atoms with Crippen LogP contribution >= 0.6 is 11.6 Å². The van der Waals surface area contributed by atoms with Crippen LogP contribution < -0.4 is 15.5 Å². The number of amides is 2. The van der Waals surface area contributed by atoms with Crippen molar-refractivity contribution < 1.29 is 27.5 Å². The monoisotopic (exact) mass is 427 g/mol. The maximum absolute atomic E-state index is 12.7. The molecule has 154 valence electrons. The molecule has 2 aromatic carbocycles. The van der Waals surface area contributed by atoms with Crippen LogP contribution in [0.4, 0.5) is 18.9 Å². The molecule has 2 amide bonds. The van der Waals surface area contributed by atoms with E-state index in [4.69, 9.17) is 16.3 Å². The van der Waals surface area contributed by atoms with Crippen LogP contribution in [0, 0.1) is 0 Å². The van der Waals surface area contributed by atoms with Crippen molar-refractivity contribution in [3.8, 4) is 5.75 Å². The molecule has 2 aromatic rings. The smallest absolute Gasteiger partial charge is 0.416 e. The molecule has 0 bridgehead atoms. The summed E-state index contributed by atoms with van der Waals surface area (Å²) in [6, 6.07) is 8.98. The van der Waals surface area contributed by atoms with Crippen molar-refractivity contribution in [1.82, 2.24) is 5.43 Å². The Bertz CT molecular complexity index is 917. The Labute approximate surface area is 169 Å². The van der Waals surface area contributed by atoms with Crippen molar-refractivity contribution in [3.05, 3.63) is 58.6 Å². The molecule has 0 spiro atoms. The number of nitrogens with zero attached hydrogens (tertiary/aromatic N) is 1. The number of benzene rings is 2. The molecule has 0 aromatic heterocycles. The van der Waals surface area contributed by atoms with Gasteiger partial charge >= 0.3 is 6.18 Å². The zero-order valence-corrected chi connectivity index (χ0v) is 16.0.